The summed E-state index contributed by atoms with van der Waals surface area (Å²) < 4.78 is 0. The number of unbranched alkanes of at least 4 members (excludes halogenated alkanes) is 1. The minimum atomic E-state index is -2.05. The average Bonchev–Trinajstić information content (AvgIpc) is 1.39. The van der Waals surface area contributed by atoms with Gasteiger partial charge in [-0.2, -0.15) is 0 Å². The lowest BCUT2D eigenvalue weighted by molar-refractivity contribution is -0.144. The van der Waals surface area contributed by atoms with Gasteiger partial charge >= 0.3 is 17.9 Å². The number of amides is 16. The van der Waals surface area contributed by atoms with Crippen LogP contribution in [0.3, 0.4) is 0 Å². The van der Waals surface area contributed by atoms with E-state index in [0.29, 0.717) is 28.5 Å². The van der Waals surface area contributed by atoms with E-state index < -0.39 is 240 Å². The highest BCUT2D eigenvalue weighted by Crippen LogP contribution is 2.23. The largest absolute Gasteiger partial charge is 0.481 e. The van der Waals surface area contributed by atoms with Crippen molar-refractivity contribution in [3.8, 4) is 0 Å². The number of primary amides is 2. The van der Waals surface area contributed by atoms with Crippen LogP contribution in [0, 0.1) is 29.1 Å². The van der Waals surface area contributed by atoms with Crippen LogP contribution in [0.1, 0.15) is 210 Å². The smallest absolute Gasteiger partial charge is 0.303 e. The van der Waals surface area contributed by atoms with Gasteiger partial charge in [0.05, 0.1) is 6.42 Å². The summed E-state index contributed by atoms with van der Waals surface area (Å²) in [6.45, 7) is 26.2. The molecule has 16 amide bonds. The number of aromatic nitrogens is 1. The molecule has 0 aliphatic carbocycles. The van der Waals surface area contributed by atoms with E-state index >= 15 is 33.6 Å². The summed E-state index contributed by atoms with van der Waals surface area (Å²) in [7, 11) is 0. The summed E-state index contributed by atoms with van der Waals surface area (Å²) in [4.78, 5) is 268. The van der Waals surface area contributed by atoms with Crippen molar-refractivity contribution >= 4 is 129 Å². The minimum absolute atomic E-state index is 0.0130. The summed E-state index contributed by atoms with van der Waals surface area (Å²) in [5.74, 6) is -21.3. The molecule has 742 valence electrons. The number of H-pyrrole nitrogens is 1. The van der Waals surface area contributed by atoms with Crippen molar-refractivity contribution in [3.63, 3.8) is 0 Å². The molecule has 0 unspecified atom stereocenters. The SMILES string of the molecule is C=CCCC(=O)N[C@@H](CCC(=O)O)C(=O)N[C@@H](Cc1ccccc1)C(=O)N(CC=C)[C@@H](CC(C)C)C(=O)N[C@@H](CC(C)C)C(=O)N[C@@H](CCCNC(=N)N)C(=O)N[C@@H](CC(C)C)C(=O)N[C@@H](Cc1c[nH]c2ccccc12)C(=O)N[C@@H](CC(C)C)C(=O)N[C@@H](CCCCN)C(=O)NC(C)(C)C(=O)N[C@@H](CCC(=O)O)C(=O)N[C@@H](CCC(=O)O)C(=O)NC(C)(C)C(=O)N[C@@H](CC(N)=O)C(N)=O. The molecule has 0 saturated carbocycles. The fraction of sp³-hybridized carbons (Fsp3) is 0.582. The molecule has 0 bridgehead atoms. The number of carbonyl (C=O) groups excluding carboxylic acids is 16. The number of aliphatic carboxylic acids is 3. The normalized spacial score (nSPS) is 14.1. The molecule has 2 aromatic carbocycles. The van der Waals surface area contributed by atoms with E-state index in [1.165, 1.54) is 30.9 Å². The van der Waals surface area contributed by atoms with Crippen molar-refractivity contribution in [1.82, 2.24) is 84.3 Å². The van der Waals surface area contributed by atoms with Gasteiger partial charge in [0, 0.05) is 68.7 Å². The first-order valence-electron chi connectivity index (χ1n) is 44.9. The van der Waals surface area contributed by atoms with Crippen LogP contribution in [-0.4, -0.2) is 247 Å². The highest BCUT2D eigenvalue weighted by atomic mass is 16.4. The maximum atomic E-state index is 15.4. The van der Waals surface area contributed by atoms with E-state index in [4.69, 9.17) is 28.3 Å². The molecule has 1 aromatic heterocycles. The van der Waals surface area contributed by atoms with Crippen molar-refractivity contribution in [2.75, 3.05) is 19.6 Å². The molecule has 0 spiro atoms. The summed E-state index contributed by atoms with van der Waals surface area (Å²) >= 11 is 0. The van der Waals surface area contributed by atoms with E-state index in [1.54, 1.807) is 116 Å². The van der Waals surface area contributed by atoms with E-state index in [-0.39, 0.29) is 127 Å². The Bertz CT molecular complexity index is 4570. The number of nitrogens with one attached hydrogen (secondary N) is 16. The highest BCUT2D eigenvalue weighted by Gasteiger charge is 2.43. The lowest BCUT2D eigenvalue weighted by Crippen LogP contribution is -2.64. The minimum Gasteiger partial charge on any atom is -0.481 e. The Morgan fingerprint density at radius 3 is 1.28 bits per heavy atom. The fourth-order valence-electron chi connectivity index (χ4n) is 14.3. The Morgan fingerprint density at radius 1 is 0.440 bits per heavy atom. The number of hydrogen-bond acceptors (Lipinski definition) is 21. The number of guanidine groups is 1. The van der Waals surface area contributed by atoms with Crippen molar-refractivity contribution in [3.05, 3.63) is 97.2 Å². The van der Waals surface area contributed by atoms with E-state index in [2.05, 4.69) is 92.6 Å². The average molecular weight is 1880 g/mol. The lowest BCUT2D eigenvalue weighted by atomic mass is 9.97. The second-order valence-electron chi connectivity index (χ2n) is 35.9. The molecule has 3 aromatic rings. The van der Waals surface area contributed by atoms with Gasteiger partial charge in [-0.3, -0.25) is 96.5 Å². The molecular formula is C91H141N21O22. The van der Waals surface area contributed by atoms with Crippen LogP contribution in [0.4, 0.5) is 0 Å². The molecule has 43 heteroatoms. The fourth-order valence-corrected chi connectivity index (χ4v) is 14.3. The first-order valence-corrected chi connectivity index (χ1v) is 44.9. The Labute approximate surface area is 780 Å². The monoisotopic (exact) mass is 1880 g/mol. The summed E-state index contributed by atoms with van der Waals surface area (Å²) in [6.07, 6.45) is -0.118. The third-order valence-corrected chi connectivity index (χ3v) is 21.3. The van der Waals surface area contributed by atoms with Crippen LogP contribution in [0.25, 0.3) is 10.9 Å². The van der Waals surface area contributed by atoms with Crippen molar-refractivity contribution in [2.45, 2.75) is 295 Å². The van der Waals surface area contributed by atoms with Crippen molar-refractivity contribution < 1.29 is 106 Å². The summed E-state index contributed by atoms with van der Waals surface area (Å²) in [5.41, 5.74) is 19.8. The van der Waals surface area contributed by atoms with Crippen molar-refractivity contribution in [2.24, 2.45) is 46.6 Å². The Kier molecular flexibility index (Phi) is 49.0. The molecule has 0 fully saturated rings. The zero-order valence-electron chi connectivity index (χ0n) is 78.7. The zero-order valence-corrected chi connectivity index (χ0v) is 78.7. The molecule has 12 atom stereocenters. The molecule has 0 aliphatic heterocycles. The van der Waals surface area contributed by atoms with Gasteiger partial charge in [0.2, 0.25) is 94.5 Å². The van der Waals surface area contributed by atoms with Crippen LogP contribution >= 0.6 is 0 Å². The molecule has 0 saturated heterocycles. The number of allylic oxidation sites excluding steroid dienone is 1. The van der Waals surface area contributed by atoms with Crippen LogP contribution in [0.2, 0.25) is 0 Å². The molecule has 27 N–H and O–H groups in total. The molecule has 1 heterocycles. The zero-order chi connectivity index (χ0) is 101. The first-order chi connectivity index (χ1) is 62.8. The number of aromatic amines is 1. The predicted octanol–water partition coefficient (Wildman–Crippen LogP) is -0.0433. The number of fused-ring (bicyclic) bond motifs is 1. The Balaban J connectivity index is 2.11. The topological polar surface area (TPSA) is 700 Å². The quantitative estimate of drug-likeness (QED) is 0.0153. The van der Waals surface area contributed by atoms with Crippen LogP contribution in [0.15, 0.2) is 86.1 Å². The number of hydrogen-bond donors (Lipinski definition) is 23. The van der Waals surface area contributed by atoms with Crippen LogP contribution < -0.4 is 97.4 Å². The molecular weight excluding hydrogens is 1740 g/mol. The second-order valence-corrected chi connectivity index (χ2v) is 35.9. The maximum Gasteiger partial charge on any atom is 0.303 e. The van der Waals surface area contributed by atoms with E-state index in [9.17, 15) is 72.9 Å². The van der Waals surface area contributed by atoms with Gasteiger partial charge in [-0.05, 0) is 159 Å². The molecule has 134 heavy (non-hydrogen) atoms. The van der Waals surface area contributed by atoms with Gasteiger partial charge in [0.1, 0.15) is 83.6 Å². The van der Waals surface area contributed by atoms with Gasteiger partial charge in [0.25, 0.3) is 0 Å². The van der Waals surface area contributed by atoms with Crippen molar-refractivity contribution in [1.29, 1.82) is 5.41 Å². The number of carbonyl (C=O) groups is 19. The number of carboxylic acid groups (broad SMARTS) is 3. The number of para-hydroxylation sites is 1. The summed E-state index contributed by atoms with van der Waals surface area (Å²) in [5, 5.41) is 73.9. The van der Waals surface area contributed by atoms with Crippen LogP contribution in [0.5, 0.6) is 0 Å². The number of rotatable bonds is 64. The lowest BCUT2D eigenvalue weighted by Gasteiger charge is -2.35. The molecule has 3 rings (SSSR count). The predicted molar refractivity (Wildman–Crippen MR) is 496 cm³/mol. The van der Waals surface area contributed by atoms with Gasteiger partial charge in [-0.1, -0.05) is 116 Å². The Morgan fingerprint density at radius 2 is 0.836 bits per heavy atom. The van der Waals surface area contributed by atoms with E-state index in [0.717, 1.165) is 13.8 Å². The first kappa shape index (κ1) is 115. The van der Waals surface area contributed by atoms with E-state index in [1.807, 2.05) is 0 Å². The van der Waals surface area contributed by atoms with Gasteiger partial charge in [0.15, 0.2) is 5.96 Å². The highest BCUT2D eigenvalue weighted by molar-refractivity contribution is 6.02. The number of benzene rings is 2. The molecule has 0 radical (unpaired) electrons. The second kappa shape index (κ2) is 57.1. The number of nitrogens with two attached hydrogens (primary N) is 4. The Hall–Kier alpha value is -13.4. The standard InChI is InChI=1S/C91H141N21O22/c1-15-17-32-71(114)99-60(33-36-72(115)116)77(123)107-68(46-54-26-19-18-20-27-54)86(132)112(41-16-2)69(45-53(9)10)85(131)106-66(44-52(7)8)80(126)100-58(31-25-40-97-89(95)96)76(122)103-65(43-51(5)6)81(127)105-67(47-55-49-98-57-29-22-21-28-56(55)57)82(128)104-64(42-50(3)4)79(125)101-59(30-23-24-39-92)83(129)110-90(11,12)87(133)108-61(34-37-73(117)118)78(124)102-62(35-38-74(119)120)84(130)111-91(13,14)88(134)109-63(75(94)121)48-70(93)113/h15-16,18-22,26-29,49-53,58-69,98H,1-2,17,23-25,30-48,92H2,3-14H3,(H2,93,113)(H2,94,121)(H,99,114)(H,100,126)(H,101,125)(H,102,124)(H,103,122)(H,104,128)(H,105,127)(H,106,131)(H,107,123)(H,108,133)(H,109,134)(H,110,129)(H,111,130)(H,115,116)(H,117,118)(H,119,120)(H4,95,96,97)/t58-,59-,60-,61-,62-,63-,64-,65-,66-,67-,68-,69-/m0/s1. The van der Waals surface area contributed by atoms with Gasteiger partial charge < -0.3 is 123 Å². The summed E-state index contributed by atoms with van der Waals surface area (Å²) in [6, 6.07) is -2.82. The molecule has 43 nitrogen and oxygen atoms in total. The maximum absolute atomic E-state index is 15.4. The number of nitrogens with zero attached hydrogens (tertiary/aromatic N) is 1. The van der Waals surface area contributed by atoms with Gasteiger partial charge in [-0.15, -0.1) is 13.2 Å². The molecule has 0 aliphatic rings. The van der Waals surface area contributed by atoms with Gasteiger partial charge in [-0.25, -0.2) is 0 Å². The third-order valence-electron chi connectivity index (χ3n) is 21.3. The number of carboxylic acids is 3. The third kappa shape index (κ3) is 41.6. The van der Waals surface area contributed by atoms with Crippen LogP contribution in [-0.2, 0) is 104 Å².